The monoisotopic (exact) mass is 412 g/mol. The fraction of sp³-hybridized carbons (Fsp3) is 0. The van der Waals surface area contributed by atoms with Gasteiger partial charge in [0.15, 0.2) is 0 Å². The molecule has 0 spiro atoms. The Balaban J connectivity index is 1.43. The minimum absolute atomic E-state index is 1.25. The molecule has 0 aliphatic rings. The van der Waals surface area contributed by atoms with E-state index in [1.54, 1.807) is 0 Å². The molecule has 6 rings (SSSR count). The Kier molecular flexibility index (Phi) is 4.40. The van der Waals surface area contributed by atoms with Crippen LogP contribution < -0.4 is 0 Å². The predicted octanol–water partition coefficient (Wildman–Crippen LogP) is 9.06. The van der Waals surface area contributed by atoms with Crippen molar-refractivity contribution < 1.29 is 0 Å². The van der Waals surface area contributed by atoms with Gasteiger partial charge < -0.3 is 0 Å². The molecule has 0 N–H and O–H groups in total. The molecule has 0 aliphatic heterocycles. The van der Waals surface area contributed by atoms with Gasteiger partial charge in [0.25, 0.3) is 0 Å². The zero-order chi connectivity index (χ0) is 20.6. The van der Waals surface area contributed by atoms with Crippen LogP contribution in [0.15, 0.2) is 121 Å². The summed E-state index contributed by atoms with van der Waals surface area (Å²) >= 11 is 1.88. The molecule has 0 fully saturated rings. The summed E-state index contributed by atoms with van der Waals surface area (Å²) in [5, 5.41) is 3.95. The molecular weight excluding hydrogens is 392 g/mol. The van der Waals surface area contributed by atoms with E-state index < -0.39 is 0 Å². The van der Waals surface area contributed by atoms with E-state index in [0.717, 1.165) is 0 Å². The third-order valence-corrected chi connectivity index (χ3v) is 7.09. The Labute approximate surface area is 186 Å². The van der Waals surface area contributed by atoms with E-state index in [4.69, 9.17) is 0 Å². The average Bonchev–Trinajstić information content (AvgIpc) is 3.30. The molecule has 6 aromatic rings. The van der Waals surface area contributed by atoms with Crippen molar-refractivity contribution in [1.82, 2.24) is 0 Å². The molecule has 0 bridgehead atoms. The van der Waals surface area contributed by atoms with Crippen molar-refractivity contribution in [3.05, 3.63) is 121 Å². The number of benzene rings is 5. The quantitative estimate of drug-likeness (QED) is 0.272. The molecule has 5 aromatic carbocycles. The van der Waals surface area contributed by atoms with Crippen LogP contribution in [0.4, 0.5) is 0 Å². The SMILES string of the molecule is c1ccc(-c2cccc(-c3cccc(-c4cc5ccc6ccccc6c5s4)c3)c2)cc1. The normalized spacial score (nSPS) is 11.2. The van der Waals surface area contributed by atoms with Crippen molar-refractivity contribution in [2.45, 2.75) is 0 Å². The molecule has 1 heteroatoms. The van der Waals surface area contributed by atoms with Gasteiger partial charge in [-0.1, -0.05) is 103 Å². The third kappa shape index (κ3) is 3.34. The van der Waals surface area contributed by atoms with Crippen LogP contribution in [-0.4, -0.2) is 0 Å². The lowest BCUT2D eigenvalue weighted by atomic mass is 9.98. The summed E-state index contributed by atoms with van der Waals surface area (Å²) in [7, 11) is 0. The zero-order valence-electron chi connectivity index (χ0n) is 17.0. The smallest absolute Gasteiger partial charge is 0.0427 e. The summed E-state index contributed by atoms with van der Waals surface area (Å²) < 4.78 is 1.37. The zero-order valence-corrected chi connectivity index (χ0v) is 17.8. The van der Waals surface area contributed by atoms with Crippen LogP contribution in [0.5, 0.6) is 0 Å². The Hall–Kier alpha value is -3.68. The summed E-state index contributed by atoms with van der Waals surface area (Å²) in [6.45, 7) is 0. The van der Waals surface area contributed by atoms with Crippen molar-refractivity contribution in [3.63, 3.8) is 0 Å². The lowest BCUT2D eigenvalue weighted by Crippen LogP contribution is -1.82. The molecule has 146 valence electrons. The van der Waals surface area contributed by atoms with Gasteiger partial charge in [0.05, 0.1) is 0 Å². The maximum atomic E-state index is 2.33. The first-order chi connectivity index (χ1) is 15.3. The van der Waals surface area contributed by atoms with Crippen molar-refractivity contribution in [1.29, 1.82) is 0 Å². The molecule has 0 amide bonds. The second-order valence-electron chi connectivity index (χ2n) is 7.84. The molecule has 0 nitrogen and oxygen atoms in total. The first-order valence-corrected chi connectivity index (χ1v) is 11.3. The van der Waals surface area contributed by atoms with Crippen LogP contribution in [-0.2, 0) is 0 Å². The Morgan fingerprint density at radius 1 is 0.387 bits per heavy atom. The predicted molar refractivity (Wildman–Crippen MR) is 136 cm³/mol. The topological polar surface area (TPSA) is 0 Å². The van der Waals surface area contributed by atoms with Gasteiger partial charge in [-0.25, -0.2) is 0 Å². The summed E-state index contributed by atoms with van der Waals surface area (Å²) in [6, 6.07) is 43.7. The van der Waals surface area contributed by atoms with Gasteiger partial charge in [0.1, 0.15) is 0 Å². The number of fused-ring (bicyclic) bond motifs is 3. The van der Waals surface area contributed by atoms with Gasteiger partial charge >= 0.3 is 0 Å². The molecule has 0 saturated heterocycles. The van der Waals surface area contributed by atoms with Crippen LogP contribution in [0.25, 0.3) is 53.6 Å². The number of hydrogen-bond acceptors (Lipinski definition) is 1. The van der Waals surface area contributed by atoms with Crippen LogP contribution in [0.3, 0.4) is 0 Å². The lowest BCUT2D eigenvalue weighted by Gasteiger charge is -2.07. The Morgan fingerprint density at radius 3 is 1.77 bits per heavy atom. The van der Waals surface area contributed by atoms with Gasteiger partial charge in [0.2, 0.25) is 0 Å². The van der Waals surface area contributed by atoms with Gasteiger partial charge in [-0.3, -0.25) is 0 Å². The standard InChI is InChI=1S/C30H20S/c1-2-8-21(9-3-1)23-11-6-12-24(18-23)25-13-7-14-26(19-25)29-20-27-17-16-22-10-4-5-15-28(22)30(27)31-29/h1-20H. The molecule has 1 heterocycles. The first kappa shape index (κ1) is 18.1. The molecule has 0 radical (unpaired) electrons. The van der Waals surface area contributed by atoms with Crippen molar-refractivity contribution in [2.24, 2.45) is 0 Å². The second kappa shape index (κ2) is 7.54. The maximum absolute atomic E-state index is 2.33. The van der Waals surface area contributed by atoms with E-state index in [9.17, 15) is 0 Å². The molecule has 1 aromatic heterocycles. The first-order valence-electron chi connectivity index (χ1n) is 10.5. The highest BCUT2D eigenvalue weighted by molar-refractivity contribution is 7.23. The minimum atomic E-state index is 1.25. The van der Waals surface area contributed by atoms with Crippen LogP contribution in [0.2, 0.25) is 0 Å². The minimum Gasteiger partial charge on any atom is -0.135 e. The summed E-state index contributed by atoms with van der Waals surface area (Å²) in [4.78, 5) is 1.31. The van der Waals surface area contributed by atoms with E-state index in [1.165, 1.54) is 53.6 Å². The van der Waals surface area contributed by atoms with E-state index in [2.05, 4.69) is 121 Å². The number of hydrogen-bond donors (Lipinski definition) is 0. The summed E-state index contributed by atoms with van der Waals surface area (Å²) in [6.07, 6.45) is 0. The molecule has 31 heavy (non-hydrogen) atoms. The molecular formula is C30H20S. The third-order valence-electron chi connectivity index (χ3n) is 5.86. The van der Waals surface area contributed by atoms with Crippen LogP contribution in [0.1, 0.15) is 0 Å². The largest absolute Gasteiger partial charge is 0.135 e. The number of thiophene rings is 1. The fourth-order valence-electron chi connectivity index (χ4n) is 4.27. The van der Waals surface area contributed by atoms with E-state index in [0.29, 0.717) is 0 Å². The molecule has 0 saturated carbocycles. The van der Waals surface area contributed by atoms with Crippen molar-refractivity contribution in [3.8, 4) is 32.7 Å². The highest BCUT2D eigenvalue weighted by Crippen LogP contribution is 2.39. The van der Waals surface area contributed by atoms with Crippen molar-refractivity contribution >= 4 is 32.2 Å². The number of rotatable bonds is 3. The van der Waals surface area contributed by atoms with E-state index in [-0.39, 0.29) is 0 Å². The maximum Gasteiger partial charge on any atom is 0.0427 e. The van der Waals surface area contributed by atoms with Gasteiger partial charge in [-0.2, -0.15) is 0 Å². The van der Waals surface area contributed by atoms with Crippen LogP contribution >= 0.6 is 11.3 Å². The lowest BCUT2D eigenvalue weighted by molar-refractivity contribution is 1.59. The summed E-state index contributed by atoms with van der Waals surface area (Å²) in [5.41, 5.74) is 6.26. The van der Waals surface area contributed by atoms with Crippen molar-refractivity contribution in [2.75, 3.05) is 0 Å². The Bertz CT molecular complexity index is 1520. The molecule has 0 aliphatic carbocycles. The fourth-order valence-corrected chi connectivity index (χ4v) is 5.46. The highest BCUT2D eigenvalue weighted by atomic mass is 32.1. The van der Waals surface area contributed by atoms with E-state index >= 15 is 0 Å². The Morgan fingerprint density at radius 2 is 0.968 bits per heavy atom. The average molecular weight is 413 g/mol. The molecule has 0 unspecified atom stereocenters. The van der Waals surface area contributed by atoms with Crippen LogP contribution in [0, 0.1) is 0 Å². The van der Waals surface area contributed by atoms with Gasteiger partial charge in [0, 0.05) is 9.58 Å². The van der Waals surface area contributed by atoms with Gasteiger partial charge in [-0.05, 0) is 62.2 Å². The van der Waals surface area contributed by atoms with E-state index in [1.807, 2.05) is 11.3 Å². The highest BCUT2D eigenvalue weighted by Gasteiger charge is 2.09. The summed E-state index contributed by atoms with van der Waals surface area (Å²) in [5.74, 6) is 0. The second-order valence-corrected chi connectivity index (χ2v) is 8.90. The molecule has 0 atom stereocenters. The van der Waals surface area contributed by atoms with Gasteiger partial charge in [-0.15, -0.1) is 11.3 Å².